The number of aliphatic hydroxyl groups excluding tert-OH is 1. The molecule has 128 valence electrons. The Hall–Kier alpha value is -2.37. The molecular formula is C19H24N2O3. The molecule has 2 aromatic rings. The van der Waals surface area contributed by atoms with Gasteiger partial charge in [0.2, 0.25) is 0 Å². The minimum atomic E-state index is -0.252. The molecule has 0 aliphatic rings. The Kier molecular flexibility index (Phi) is 7.26. The van der Waals surface area contributed by atoms with Gasteiger partial charge in [0.25, 0.3) is 0 Å². The Bertz CT molecular complexity index is 614. The van der Waals surface area contributed by atoms with Crippen molar-refractivity contribution < 1.29 is 14.6 Å². The number of hydrogen-bond donors (Lipinski definition) is 3. The van der Waals surface area contributed by atoms with Crippen molar-refractivity contribution in [3.05, 3.63) is 71.3 Å². The van der Waals surface area contributed by atoms with E-state index >= 15 is 0 Å². The second-order valence-electron chi connectivity index (χ2n) is 5.55. The van der Waals surface area contributed by atoms with E-state index in [1.807, 2.05) is 54.6 Å². The van der Waals surface area contributed by atoms with E-state index in [0.717, 1.165) is 16.7 Å². The van der Waals surface area contributed by atoms with Gasteiger partial charge < -0.3 is 20.5 Å². The Balaban J connectivity index is 1.86. The Morgan fingerprint density at radius 3 is 2.38 bits per heavy atom. The third kappa shape index (κ3) is 5.68. The van der Waals surface area contributed by atoms with E-state index in [2.05, 4.69) is 10.6 Å². The number of carbonyl (C=O) groups excluding carboxylic acids is 1. The van der Waals surface area contributed by atoms with Gasteiger partial charge in [0.15, 0.2) is 0 Å². The molecule has 0 aliphatic heterocycles. The number of carbonyl (C=O) groups is 1. The molecule has 0 saturated carbocycles. The minimum Gasteiger partial charge on any atom is -0.396 e. The normalized spacial score (nSPS) is 11.8. The average Bonchev–Trinajstić information content (AvgIpc) is 2.62. The molecule has 2 rings (SSSR count). The Morgan fingerprint density at radius 1 is 1.08 bits per heavy atom. The molecule has 1 atom stereocenters. The molecule has 0 fully saturated rings. The molecule has 0 aromatic heterocycles. The van der Waals surface area contributed by atoms with Crippen LogP contribution in [0.2, 0.25) is 0 Å². The number of nitrogens with one attached hydrogen (secondary N) is 2. The molecule has 0 unspecified atom stereocenters. The van der Waals surface area contributed by atoms with Crippen LogP contribution in [0.5, 0.6) is 0 Å². The van der Waals surface area contributed by atoms with Crippen LogP contribution in [-0.2, 0) is 17.9 Å². The highest BCUT2D eigenvalue weighted by atomic mass is 16.5. The first-order valence-electron chi connectivity index (χ1n) is 8.00. The summed E-state index contributed by atoms with van der Waals surface area (Å²) in [7, 11) is 1.66. The van der Waals surface area contributed by atoms with E-state index < -0.39 is 0 Å². The lowest BCUT2D eigenvalue weighted by Gasteiger charge is -2.18. The summed E-state index contributed by atoms with van der Waals surface area (Å²) < 4.78 is 5.07. The molecule has 0 radical (unpaired) electrons. The zero-order valence-electron chi connectivity index (χ0n) is 13.9. The van der Waals surface area contributed by atoms with Crippen LogP contribution in [0, 0.1) is 0 Å². The molecule has 24 heavy (non-hydrogen) atoms. The summed E-state index contributed by atoms with van der Waals surface area (Å²) in [6, 6.07) is 17.1. The molecule has 0 heterocycles. The summed E-state index contributed by atoms with van der Waals surface area (Å²) in [4.78, 5) is 12.1. The molecule has 0 saturated heterocycles. The van der Waals surface area contributed by atoms with Gasteiger partial charge in [0.05, 0.1) is 12.6 Å². The molecule has 3 N–H and O–H groups in total. The Morgan fingerprint density at radius 2 is 1.75 bits per heavy atom. The number of aliphatic hydroxyl groups is 1. The highest BCUT2D eigenvalue weighted by Gasteiger charge is 2.13. The molecule has 0 bridgehead atoms. The predicted octanol–water partition coefficient (Wildman–Crippen LogP) is 2.76. The maximum absolute atomic E-state index is 12.1. The molecule has 2 aromatic carbocycles. The molecule has 0 spiro atoms. The molecule has 5 heteroatoms. The van der Waals surface area contributed by atoms with Crippen LogP contribution in [0.1, 0.15) is 29.2 Å². The summed E-state index contributed by atoms with van der Waals surface area (Å²) in [5.41, 5.74) is 3.09. The van der Waals surface area contributed by atoms with Gasteiger partial charge in [-0.1, -0.05) is 54.6 Å². The van der Waals surface area contributed by atoms with E-state index in [-0.39, 0.29) is 18.7 Å². The SMILES string of the molecule is COCc1ccc(CNC(=O)N[C@H](CCO)c2ccccc2)cc1. The first kappa shape index (κ1) is 18.0. The van der Waals surface area contributed by atoms with Crippen LogP contribution in [0.3, 0.4) is 0 Å². The van der Waals surface area contributed by atoms with Gasteiger partial charge in [-0.15, -0.1) is 0 Å². The number of amides is 2. The van der Waals surface area contributed by atoms with Crippen molar-refractivity contribution in [3.8, 4) is 0 Å². The zero-order chi connectivity index (χ0) is 17.2. The summed E-state index contributed by atoms with van der Waals surface area (Å²) in [6.07, 6.45) is 0.475. The largest absolute Gasteiger partial charge is 0.396 e. The summed E-state index contributed by atoms with van der Waals surface area (Å²) in [6.45, 7) is 1.04. The number of ether oxygens (including phenoxy) is 1. The van der Waals surface area contributed by atoms with E-state index in [0.29, 0.717) is 19.6 Å². The number of methoxy groups -OCH3 is 1. The van der Waals surface area contributed by atoms with Crippen molar-refractivity contribution in [1.82, 2.24) is 10.6 Å². The maximum atomic E-state index is 12.1. The van der Waals surface area contributed by atoms with Crippen molar-refractivity contribution >= 4 is 6.03 Å². The lowest BCUT2D eigenvalue weighted by molar-refractivity contribution is 0.185. The topological polar surface area (TPSA) is 70.6 Å². The monoisotopic (exact) mass is 328 g/mol. The molecular weight excluding hydrogens is 304 g/mol. The molecule has 2 amide bonds. The van der Waals surface area contributed by atoms with E-state index in [1.54, 1.807) is 7.11 Å². The van der Waals surface area contributed by atoms with Crippen LogP contribution in [0.15, 0.2) is 54.6 Å². The molecule has 0 aliphatic carbocycles. The number of rotatable bonds is 8. The highest BCUT2D eigenvalue weighted by molar-refractivity contribution is 5.74. The number of hydrogen-bond acceptors (Lipinski definition) is 3. The average molecular weight is 328 g/mol. The third-order valence-corrected chi connectivity index (χ3v) is 3.71. The third-order valence-electron chi connectivity index (χ3n) is 3.71. The van der Waals surface area contributed by atoms with E-state index in [9.17, 15) is 9.90 Å². The van der Waals surface area contributed by atoms with Gasteiger partial charge in [0.1, 0.15) is 0 Å². The first-order chi connectivity index (χ1) is 11.7. The molecule has 5 nitrogen and oxygen atoms in total. The second kappa shape index (κ2) is 9.70. The van der Waals surface area contributed by atoms with Crippen molar-refractivity contribution in [2.75, 3.05) is 13.7 Å². The fourth-order valence-electron chi connectivity index (χ4n) is 2.45. The quantitative estimate of drug-likeness (QED) is 0.698. The predicted molar refractivity (Wildman–Crippen MR) is 93.4 cm³/mol. The van der Waals surface area contributed by atoms with Gasteiger partial charge in [-0.25, -0.2) is 4.79 Å². The highest BCUT2D eigenvalue weighted by Crippen LogP contribution is 2.15. The first-order valence-corrected chi connectivity index (χ1v) is 8.00. The lowest BCUT2D eigenvalue weighted by Crippen LogP contribution is -2.37. The zero-order valence-corrected chi connectivity index (χ0v) is 13.9. The van der Waals surface area contributed by atoms with Gasteiger partial charge >= 0.3 is 6.03 Å². The van der Waals surface area contributed by atoms with Crippen LogP contribution in [0.25, 0.3) is 0 Å². The standard InChI is InChI=1S/C19H24N2O3/c1-24-14-16-9-7-15(8-10-16)13-20-19(23)21-18(11-12-22)17-5-3-2-4-6-17/h2-10,18,22H,11-14H2,1H3,(H2,20,21,23)/t18-/m1/s1. The number of urea groups is 1. The summed E-state index contributed by atoms with van der Waals surface area (Å²) in [5.74, 6) is 0. The van der Waals surface area contributed by atoms with Gasteiger partial charge in [-0.05, 0) is 23.1 Å². The summed E-state index contributed by atoms with van der Waals surface area (Å²) in [5, 5.41) is 15.0. The van der Waals surface area contributed by atoms with E-state index in [4.69, 9.17) is 4.74 Å². The van der Waals surface area contributed by atoms with Crippen molar-refractivity contribution in [2.24, 2.45) is 0 Å². The van der Waals surface area contributed by atoms with E-state index in [1.165, 1.54) is 0 Å². The van der Waals surface area contributed by atoms with Crippen molar-refractivity contribution in [3.63, 3.8) is 0 Å². The minimum absolute atomic E-state index is 0.0147. The second-order valence-corrected chi connectivity index (χ2v) is 5.55. The number of benzene rings is 2. The van der Waals surface area contributed by atoms with Gasteiger partial charge in [0, 0.05) is 20.3 Å². The Labute approximate surface area is 142 Å². The van der Waals surface area contributed by atoms with Crippen molar-refractivity contribution in [1.29, 1.82) is 0 Å². The van der Waals surface area contributed by atoms with Crippen LogP contribution >= 0.6 is 0 Å². The van der Waals surface area contributed by atoms with Gasteiger partial charge in [-0.3, -0.25) is 0 Å². The smallest absolute Gasteiger partial charge is 0.315 e. The van der Waals surface area contributed by atoms with Crippen LogP contribution < -0.4 is 10.6 Å². The lowest BCUT2D eigenvalue weighted by atomic mass is 10.0. The summed E-state index contributed by atoms with van der Waals surface area (Å²) >= 11 is 0. The maximum Gasteiger partial charge on any atom is 0.315 e. The fraction of sp³-hybridized carbons (Fsp3) is 0.316. The van der Waals surface area contributed by atoms with Crippen LogP contribution in [0.4, 0.5) is 4.79 Å². The fourth-order valence-corrected chi connectivity index (χ4v) is 2.45. The van der Waals surface area contributed by atoms with Gasteiger partial charge in [-0.2, -0.15) is 0 Å². The van der Waals surface area contributed by atoms with Crippen LogP contribution in [-0.4, -0.2) is 24.9 Å². The van der Waals surface area contributed by atoms with Crippen molar-refractivity contribution in [2.45, 2.75) is 25.6 Å².